The van der Waals surface area contributed by atoms with E-state index in [1.807, 2.05) is 31.2 Å². The number of anilines is 1. The van der Waals surface area contributed by atoms with Crippen molar-refractivity contribution in [3.8, 4) is 5.75 Å². The van der Waals surface area contributed by atoms with Gasteiger partial charge in [-0.1, -0.05) is 24.3 Å². The number of ether oxygens (including phenoxy) is 1. The maximum atomic E-state index is 5.55. The van der Waals surface area contributed by atoms with Crippen LogP contribution in [0, 0.1) is 0 Å². The van der Waals surface area contributed by atoms with Gasteiger partial charge in [-0.2, -0.15) is 0 Å². The SMILES string of the molecule is CCOc1ccc2nc(C=Cc3ccc(N(CC)CC)cc3)ccc2c1. The number of rotatable bonds is 7. The van der Waals surface area contributed by atoms with Crippen LogP contribution in [-0.4, -0.2) is 24.7 Å². The van der Waals surface area contributed by atoms with E-state index in [0.29, 0.717) is 6.61 Å². The predicted molar refractivity (Wildman–Crippen MR) is 112 cm³/mol. The summed E-state index contributed by atoms with van der Waals surface area (Å²) >= 11 is 0. The Balaban J connectivity index is 1.76. The molecule has 0 fully saturated rings. The van der Waals surface area contributed by atoms with Crippen LogP contribution >= 0.6 is 0 Å². The molecule has 0 unspecified atom stereocenters. The van der Waals surface area contributed by atoms with Crippen LogP contribution in [0.5, 0.6) is 5.75 Å². The zero-order chi connectivity index (χ0) is 18.4. The minimum Gasteiger partial charge on any atom is -0.494 e. The van der Waals surface area contributed by atoms with Crippen molar-refractivity contribution in [1.82, 2.24) is 4.98 Å². The summed E-state index contributed by atoms with van der Waals surface area (Å²) in [5.74, 6) is 0.887. The first-order valence-electron chi connectivity index (χ1n) is 9.30. The molecule has 0 aliphatic rings. The summed E-state index contributed by atoms with van der Waals surface area (Å²) in [6.07, 6.45) is 4.16. The van der Waals surface area contributed by atoms with Gasteiger partial charge in [0.25, 0.3) is 0 Å². The highest BCUT2D eigenvalue weighted by atomic mass is 16.5. The van der Waals surface area contributed by atoms with Crippen molar-refractivity contribution < 1.29 is 4.74 Å². The second kappa shape index (κ2) is 8.52. The summed E-state index contributed by atoms with van der Waals surface area (Å²) in [6, 6.07) is 18.8. The summed E-state index contributed by atoms with van der Waals surface area (Å²) in [7, 11) is 0. The van der Waals surface area contributed by atoms with Gasteiger partial charge >= 0.3 is 0 Å². The molecule has 0 radical (unpaired) electrons. The normalized spacial score (nSPS) is 11.2. The number of nitrogens with zero attached hydrogens (tertiary/aromatic N) is 2. The van der Waals surface area contributed by atoms with Crippen molar-refractivity contribution in [2.75, 3.05) is 24.6 Å². The summed E-state index contributed by atoms with van der Waals surface area (Å²) in [6.45, 7) is 9.08. The largest absolute Gasteiger partial charge is 0.494 e. The van der Waals surface area contributed by atoms with Crippen LogP contribution in [0.25, 0.3) is 23.1 Å². The van der Waals surface area contributed by atoms with Crippen LogP contribution in [0.15, 0.2) is 54.6 Å². The van der Waals surface area contributed by atoms with E-state index in [1.165, 1.54) is 11.3 Å². The Kier molecular flexibility index (Phi) is 5.90. The van der Waals surface area contributed by atoms with Gasteiger partial charge in [0.15, 0.2) is 0 Å². The van der Waals surface area contributed by atoms with Gasteiger partial charge in [-0.05, 0) is 68.8 Å². The summed E-state index contributed by atoms with van der Waals surface area (Å²) in [4.78, 5) is 7.06. The van der Waals surface area contributed by atoms with Gasteiger partial charge in [0.05, 0.1) is 17.8 Å². The average Bonchev–Trinajstić information content (AvgIpc) is 2.68. The number of benzene rings is 2. The van der Waals surface area contributed by atoms with Gasteiger partial charge in [-0.15, -0.1) is 0 Å². The van der Waals surface area contributed by atoms with E-state index in [0.717, 1.165) is 35.4 Å². The Labute approximate surface area is 155 Å². The van der Waals surface area contributed by atoms with Crippen molar-refractivity contribution in [2.45, 2.75) is 20.8 Å². The Morgan fingerprint density at radius 2 is 1.65 bits per heavy atom. The number of hydrogen-bond donors (Lipinski definition) is 0. The lowest BCUT2D eigenvalue weighted by Gasteiger charge is -2.20. The van der Waals surface area contributed by atoms with Gasteiger partial charge in [-0.25, -0.2) is 4.98 Å². The standard InChI is InChI=1S/C23H26N2O/c1-4-25(5-2)21-13-8-18(9-14-21)7-11-20-12-10-19-17-22(26-6-3)15-16-23(19)24-20/h7-17H,4-6H2,1-3H3. The smallest absolute Gasteiger partial charge is 0.120 e. The van der Waals surface area contributed by atoms with Crippen molar-refractivity contribution in [2.24, 2.45) is 0 Å². The fourth-order valence-corrected chi connectivity index (χ4v) is 3.04. The molecule has 3 aromatic rings. The summed E-state index contributed by atoms with van der Waals surface area (Å²) in [5.41, 5.74) is 4.37. The molecule has 1 aromatic heterocycles. The molecule has 0 aliphatic heterocycles. The fraction of sp³-hybridized carbons (Fsp3) is 0.261. The van der Waals surface area contributed by atoms with Crippen LogP contribution in [0.3, 0.4) is 0 Å². The second-order valence-corrected chi connectivity index (χ2v) is 6.12. The molecule has 0 saturated carbocycles. The summed E-state index contributed by atoms with van der Waals surface area (Å²) in [5, 5.41) is 1.09. The fourth-order valence-electron chi connectivity index (χ4n) is 3.04. The Morgan fingerprint density at radius 1 is 0.885 bits per heavy atom. The molecule has 0 bridgehead atoms. The van der Waals surface area contributed by atoms with E-state index in [2.05, 4.69) is 61.2 Å². The van der Waals surface area contributed by atoms with Crippen molar-refractivity contribution in [3.63, 3.8) is 0 Å². The molecular formula is C23H26N2O. The number of aromatic nitrogens is 1. The average molecular weight is 346 g/mol. The Bertz CT molecular complexity index is 880. The molecule has 0 spiro atoms. The molecule has 3 rings (SSSR count). The molecule has 0 saturated heterocycles. The van der Waals surface area contributed by atoms with Crippen LogP contribution in [0.2, 0.25) is 0 Å². The summed E-state index contributed by atoms with van der Waals surface area (Å²) < 4.78 is 5.55. The molecule has 26 heavy (non-hydrogen) atoms. The van der Waals surface area contributed by atoms with E-state index in [1.54, 1.807) is 0 Å². The van der Waals surface area contributed by atoms with E-state index in [4.69, 9.17) is 9.72 Å². The highest BCUT2D eigenvalue weighted by Crippen LogP contribution is 2.21. The van der Waals surface area contributed by atoms with Crippen LogP contribution in [0.4, 0.5) is 5.69 Å². The molecule has 0 amide bonds. The number of hydrogen-bond acceptors (Lipinski definition) is 3. The van der Waals surface area contributed by atoms with E-state index in [9.17, 15) is 0 Å². The molecule has 0 N–H and O–H groups in total. The van der Waals surface area contributed by atoms with Crippen molar-refractivity contribution in [1.29, 1.82) is 0 Å². The molecule has 3 nitrogen and oxygen atoms in total. The minimum absolute atomic E-state index is 0.673. The number of fused-ring (bicyclic) bond motifs is 1. The lowest BCUT2D eigenvalue weighted by molar-refractivity contribution is 0.340. The lowest BCUT2D eigenvalue weighted by Crippen LogP contribution is -2.21. The quantitative estimate of drug-likeness (QED) is 0.553. The molecule has 3 heteroatoms. The van der Waals surface area contributed by atoms with Gasteiger partial charge in [0, 0.05) is 24.2 Å². The second-order valence-electron chi connectivity index (χ2n) is 6.12. The minimum atomic E-state index is 0.673. The monoisotopic (exact) mass is 346 g/mol. The zero-order valence-electron chi connectivity index (χ0n) is 15.8. The van der Waals surface area contributed by atoms with E-state index >= 15 is 0 Å². The van der Waals surface area contributed by atoms with Crippen molar-refractivity contribution >= 4 is 28.7 Å². The Morgan fingerprint density at radius 3 is 2.35 bits per heavy atom. The first kappa shape index (κ1) is 18.0. The van der Waals surface area contributed by atoms with Crippen molar-refractivity contribution in [3.05, 3.63) is 65.9 Å². The molecular weight excluding hydrogens is 320 g/mol. The van der Waals surface area contributed by atoms with Gasteiger partial charge < -0.3 is 9.64 Å². The van der Waals surface area contributed by atoms with Gasteiger partial charge in [-0.3, -0.25) is 0 Å². The molecule has 2 aromatic carbocycles. The zero-order valence-corrected chi connectivity index (χ0v) is 15.8. The topological polar surface area (TPSA) is 25.4 Å². The molecule has 134 valence electrons. The molecule has 1 heterocycles. The van der Waals surface area contributed by atoms with E-state index < -0.39 is 0 Å². The third kappa shape index (κ3) is 4.23. The molecule has 0 aliphatic carbocycles. The Hall–Kier alpha value is -2.81. The van der Waals surface area contributed by atoms with Crippen LogP contribution in [-0.2, 0) is 0 Å². The third-order valence-corrected chi connectivity index (χ3v) is 4.46. The third-order valence-electron chi connectivity index (χ3n) is 4.46. The van der Waals surface area contributed by atoms with E-state index in [-0.39, 0.29) is 0 Å². The maximum absolute atomic E-state index is 5.55. The maximum Gasteiger partial charge on any atom is 0.120 e. The lowest BCUT2D eigenvalue weighted by atomic mass is 10.1. The number of pyridine rings is 1. The predicted octanol–water partition coefficient (Wildman–Crippen LogP) is 5.65. The first-order chi connectivity index (χ1) is 12.7. The van der Waals surface area contributed by atoms with Crippen LogP contribution in [0.1, 0.15) is 32.0 Å². The van der Waals surface area contributed by atoms with Gasteiger partial charge in [0.1, 0.15) is 5.75 Å². The van der Waals surface area contributed by atoms with Crippen LogP contribution < -0.4 is 9.64 Å². The highest BCUT2D eigenvalue weighted by molar-refractivity contribution is 5.82. The van der Waals surface area contributed by atoms with Gasteiger partial charge in [0.2, 0.25) is 0 Å². The highest BCUT2D eigenvalue weighted by Gasteiger charge is 2.01. The first-order valence-corrected chi connectivity index (χ1v) is 9.30. The molecule has 0 atom stereocenters.